The predicted molar refractivity (Wildman–Crippen MR) is 91.3 cm³/mol. The fraction of sp³-hybridized carbons (Fsp3) is 0.438. The molecule has 0 radical (unpaired) electrons. The van der Waals surface area contributed by atoms with E-state index in [0.717, 1.165) is 30.2 Å². The molecule has 0 aliphatic carbocycles. The van der Waals surface area contributed by atoms with E-state index in [9.17, 15) is 0 Å². The molecule has 1 unspecified atom stereocenters. The first-order valence-corrected chi connectivity index (χ1v) is 8.90. The normalized spacial score (nSPS) is 12.6. The molecule has 1 aromatic heterocycles. The van der Waals surface area contributed by atoms with Crippen molar-refractivity contribution in [2.45, 2.75) is 37.8 Å². The number of nitrogens with one attached hydrogen (secondary N) is 1. The average Bonchev–Trinajstić information content (AvgIpc) is 2.86. The molecular weight excluding hydrogens is 302 g/mol. The Kier molecular flexibility index (Phi) is 6.15. The number of aromatic nitrogens is 2. The fourth-order valence-electron chi connectivity index (χ4n) is 2.51. The molecule has 0 amide bonds. The van der Waals surface area contributed by atoms with Gasteiger partial charge in [-0.05, 0) is 30.9 Å². The van der Waals surface area contributed by atoms with Crippen molar-refractivity contribution in [2.75, 3.05) is 12.8 Å². The van der Waals surface area contributed by atoms with Crippen LogP contribution < -0.4 is 5.32 Å². The van der Waals surface area contributed by atoms with Crippen LogP contribution in [0, 0.1) is 0 Å². The maximum Gasteiger partial charge on any atom is 0.0837 e. The first-order valence-electron chi connectivity index (χ1n) is 7.30. The van der Waals surface area contributed by atoms with Crippen molar-refractivity contribution in [3.63, 3.8) is 0 Å². The third kappa shape index (κ3) is 3.62. The summed E-state index contributed by atoms with van der Waals surface area (Å²) in [7, 11) is 0. The summed E-state index contributed by atoms with van der Waals surface area (Å²) in [5, 5.41) is 8.71. The zero-order chi connectivity index (χ0) is 15.2. The molecule has 0 fully saturated rings. The van der Waals surface area contributed by atoms with Crippen molar-refractivity contribution < 1.29 is 0 Å². The molecule has 0 bridgehead atoms. The van der Waals surface area contributed by atoms with Crippen molar-refractivity contribution in [1.29, 1.82) is 0 Å². The van der Waals surface area contributed by atoms with Crippen LogP contribution >= 0.6 is 23.4 Å². The maximum absolute atomic E-state index is 6.43. The van der Waals surface area contributed by atoms with Crippen molar-refractivity contribution in [2.24, 2.45) is 0 Å². The second-order valence-corrected chi connectivity index (χ2v) is 6.09. The number of thioether (sulfide) groups is 1. The van der Waals surface area contributed by atoms with Crippen LogP contribution in [0.1, 0.15) is 37.6 Å². The van der Waals surface area contributed by atoms with Gasteiger partial charge in [0.2, 0.25) is 0 Å². The number of benzene rings is 1. The standard InChI is InChI=1S/C16H22ClN3S/c1-4-10-20-16(13(17)11-19-20)15(18-5-2)12-8-6-7-9-14(12)21-3/h6-9,11,15,18H,4-5,10H2,1-3H3. The van der Waals surface area contributed by atoms with Gasteiger partial charge in [-0.3, -0.25) is 4.68 Å². The lowest BCUT2D eigenvalue weighted by atomic mass is 10.0. The summed E-state index contributed by atoms with van der Waals surface area (Å²) in [5.41, 5.74) is 2.31. The Bertz CT molecular complexity index is 583. The molecule has 1 heterocycles. The molecule has 0 aliphatic rings. The molecule has 0 saturated carbocycles. The third-order valence-electron chi connectivity index (χ3n) is 3.40. The zero-order valence-corrected chi connectivity index (χ0v) is 14.3. The minimum absolute atomic E-state index is 0.0696. The quantitative estimate of drug-likeness (QED) is 0.767. The van der Waals surface area contributed by atoms with Crippen molar-refractivity contribution in [3.05, 3.63) is 46.7 Å². The lowest BCUT2D eigenvalue weighted by Gasteiger charge is -2.22. The van der Waals surface area contributed by atoms with E-state index in [1.54, 1.807) is 18.0 Å². The van der Waals surface area contributed by atoms with Gasteiger partial charge in [-0.15, -0.1) is 11.8 Å². The Labute approximate surface area is 136 Å². The number of hydrogen-bond donors (Lipinski definition) is 1. The van der Waals surface area contributed by atoms with Crippen LogP contribution in [0.3, 0.4) is 0 Å². The highest BCUT2D eigenvalue weighted by Crippen LogP contribution is 2.33. The van der Waals surface area contributed by atoms with E-state index in [0.29, 0.717) is 0 Å². The largest absolute Gasteiger partial charge is 0.305 e. The molecule has 5 heteroatoms. The summed E-state index contributed by atoms with van der Waals surface area (Å²) >= 11 is 8.19. The molecule has 114 valence electrons. The number of nitrogens with zero attached hydrogens (tertiary/aromatic N) is 2. The van der Waals surface area contributed by atoms with Gasteiger partial charge in [0.15, 0.2) is 0 Å². The summed E-state index contributed by atoms with van der Waals surface area (Å²) in [4.78, 5) is 1.27. The van der Waals surface area contributed by atoms with Gasteiger partial charge in [0.1, 0.15) is 0 Å². The van der Waals surface area contributed by atoms with E-state index >= 15 is 0 Å². The third-order valence-corrected chi connectivity index (χ3v) is 4.50. The molecule has 0 spiro atoms. The molecule has 1 N–H and O–H groups in total. The molecule has 3 nitrogen and oxygen atoms in total. The van der Waals surface area contributed by atoms with E-state index in [4.69, 9.17) is 11.6 Å². The summed E-state index contributed by atoms with van der Waals surface area (Å²) in [5.74, 6) is 0. The monoisotopic (exact) mass is 323 g/mol. The van der Waals surface area contributed by atoms with E-state index in [-0.39, 0.29) is 6.04 Å². The number of aryl methyl sites for hydroxylation is 1. The summed E-state index contributed by atoms with van der Waals surface area (Å²) in [6.07, 6.45) is 4.89. The molecule has 0 saturated heterocycles. The predicted octanol–water partition coefficient (Wildman–Crippen LogP) is 4.37. The van der Waals surface area contributed by atoms with E-state index in [2.05, 4.69) is 54.8 Å². The first kappa shape index (κ1) is 16.4. The second kappa shape index (κ2) is 7.87. The number of halogens is 1. The van der Waals surface area contributed by atoms with E-state index in [1.807, 2.05) is 4.68 Å². The van der Waals surface area contributed by atoms with Crippen LogP contribution in [0.15, 0.2) is 35.4 Å². The Morgan fingerprint density at radius 2 is 2.10 bits per heavy atom. The molecule has 2 aromatic rings. The number of rotatable bonds is 7. The Morgan fingerprint density at radius 1 is 1.33 bits per heavy atom. The first-order chi connectivity index (χ1) is 10.2. The van der Waals surface area contributed by atoms with Gasteiger partial charge in [-0.25, -0.2) is 0 Å². The molecular formula is C16H22ClN3S. The maximum atomic E-state index is 6.43. The van der Waals surface area contributed by atoms with Crippen molar-refractivity contribution in [3.8, 4) is 0 Å². The van der Waals surface area contributed by atoms with Crippen LogP contribution in [0.2, 0.25) is 5.02 Å². The lowest BCUT2D eigenvalue weighted by molar-refractivity contribution is 0.517. The van der Waals surface area contributed by atoms with Crippen molar-refractivity contribution in [1.82, 2.24) is 15.1 Å². The van der Waals surface area contributed by atoms with Gasteiger partial charge < -0.3 is 5.32 Å². The summed E-state index contributed by atoms with van der Waals surface area (Å²) < 4.78 is 2.02. The fourth-order valence-corrected chi connectivity index (χ4v) is 3.40. The smallest absolute Gasteiger partial charge is 0.0837 e. The second-order valence-electron chi connectivity index (χ2n) is 4.83. The van der Waals surface area contributed by atoms with Crippen LogP contribution in [-0.4, -0.2) is 22.6 Å². The van der Waals surface area contributed by atoms with Gasteiger partial charge in [0, 0.05) is 11.4 Å². The topological polar surface area (TPSA) is 29.9 Å². The van der Waals surface area contributed by atoms with E-state index in [1.165, 1.54) is 10.5 Å². The van der Waals surface area contributed by atoms with Crippen LogP contribution in [0.5, 0.6) is 0 Å². The van der Waals surface area contributed by atoms with Crippen LogP contribution in [-0.2, 0) is 6.54 Å². The van der Waals surface area contributed by atoms with Gasteiger partial charge in [0.05, 0.1) is 23.0 Å². The highest BCUT2D eigenvalue weighted by Gasteiger charge is 2.23. The van der Waals surface area contributed by atoms with Gasteiger partial charge >= 0.3 is 0 Å². The minimum Gasteiger partial charge on any atom is -0.305 e. The Hall–Kier alpha value is -0.970. The van der Waals surface area contributed by atoms with Gasteiger partial charge in [-0.2, -0.15) is 5.10 Å². The van der Waals surface area contributed by atoms with Gasteiger partial charge in [-0.1, -0.05) is 43.6 Å². The molecule has 21 heavy (non-hydrogen) atoms. The minimum atomic E-state index is 0.0696. The molecule has 2 rings (SSSR count). The van der Waals surface area contributed by atoms with Crippen LogP contribution in [0.4, 0.5) is 0 Å². The molecule has 1 atom stereocenters. The zero-order valence-electron chi connectivity index (χ0n) is 12.8. The van der Waals surface area contributed by atoms with Gasteiger partial charge in [0.25, 0.3) is 0 Å². The van der Waals surface area contributed by atoms with Crippen molar-refractivity contribution >= 4 is 23.4 Å². The molecule has 0 aliphatic heterocycles. The lowest BCUT2D eigenvalue weighted by Crippen LogP contribution is -2.25. The van der Waals surface area contributed by atoms with E-state index < -0.39 is 0 Å². The highest BCUT2D eigenvalue weighted by molar-refractivity contribution is 7.98. The number of hydrogen-bond acceptors (Lipinski definition) is 3. The SMILES string of the molecule is CCCn1ncc(Cl)c1C(NCC)c1ccccc1SC. The summed E-state index contributed by atoms with van der Waals surface area (Å²) in [6.45, 7) is 6.02. The highest BCUT2D eigenvalue weighted by atomic mass is 35.5. The average molecular weight is 324 g/mol. The Morgan fingerprint density at radius 3 is 2.76 bits per heavy atom. The van der Waals surface area contributed by atoms with Crippen LogP contribution in [0.25, 0.3) is 0 Å². The Balaban J connectivity index is 2.51. The summed E-state index contributed by atoms with van der Waals surface area (Å²) in [6, 6.07) is 8.54. The molecule has 1 aromatic carbocycles.